The Bertz CT molecular complexity index is 190. The molecule has 0 spiro atoms. The average molecular weight is 205 g/mol. The lowest BCUT2D eigenvalue weighted by molar-refractivity contribution is 0.166. The van der Waals surface area contributed by atoms with Crippen molar-refractivity contribution in [3.63, 3.8) is 0 Å². The summed E-state index contributed by atoms with van der Waals surface area (Å²) in [5, 5.41) is 0. The van der Waals surface area contributed by atoms with E-state index in [0.717, 1.165) is 23.7 Å². The molecule has 0 unspecified atom stereocenters. The van der Waals surface area contributed by atoms with Crippen LogP contribution in [0.25, 0.3) is 0 Å². The minimum atomic E-state index is 0.755. The molecule has 15 heavy (non-hydrogen) atoms. The van der Waals surface area contributed by atoms with E-state index in [1.54, 1.807) is 0 Å². The summed E-state index contributed by atoms with van der Waals surface area (Å²) in [5.41, 5.74) is 0. The van der Waals surface area contributed by atoms with Gasteiger partial charge in [0, 0.05) is 0 Å². The van der Waals surface area contributed by atoms with Crippen molar-refractivity contribution in [2.45, 2.75) is 51.4 Å². The zero-order valence-corrected chi connectivity index (χ0v) is 9.96. The van der Waals surface area contributed by atoms with Gasteiger partial charge in [0.1, 0.15) is 0 Å². The van der Waals surface area contributed by atoms with Crippen LogP contribution in [0, 0.1) is 30.6 Å². The van der Waals surface area contributed by atoms with E-state index in [0.29, 0.717) is 0 Å². The molecule has 0 heterocycles. The van der Waals surface area contributed by atoms with Crippen LogP contribution in [-0.4, -0.2) is 0 Å². The topological polar surface area (TPSA) is 0 Å². The van der Waals surface area contributed by atoms with E-state index >= 15 is 0 Å². The van der Waals surface area contributed by atoms with Crippen LogP contribution in [0.1, 0.15) is 51.4 Å². The third kappa shape index (κ3) is 2.80. The second-order valence-corrected chi connectivity index (χ2v) is 5.69. The predicted molar refractivity (Wildman–Crippen MR) is 66.5 cm³/mol. The molecule has 0 radical (unpaired) electrons. The SMILES string of the molecule is C=CC1CCC(C2CCC([CH2+])CC2)CC1. The van der Waals surface area contributed by atoms with Gasteiger partial charge < -0.3 is 0 Å². The lowest BCUT2D eigenvalue weighted by atomic mass is 9.69. The quantitative estimate of drug-likeness (QED) is 0.456. The predicted octanol–water partition coefficient (Wildman–Crippen LogP) is 4.62. The zero-order chi connectivity index (χ0) is 10.7. The van der Waals surface area contributed by atoms with Crippen molar-refractivity contribution in [2.24, 2.45) is 23.7 Å². The largest absolute Gasteiger partial charge is 0.103 e. The summed E-state index contributed by atoms with van der Waals surface area (Å²) >= 11 is 0. The minimum Gasteiger partial charge on any atom is -0.103 e. The first-order chi connectivity index (χ1) is 7.29. The van der Waals surface area contributed by atoms with Crippen molar-refractivity contribution in [1.29, 1.82) is 0 Å². The highest BCUT2D eigenvalue weighted by Gasteiger charge is 2.30. The molecule has 0 aromatic heterocycles. The maximum Gasteiger partial charge on any atom is 0.0953 e. The molecule has 2 aliphatic carbocycles. The van der Waals surface area contributed by atoms with Crippen molar-refractivity contribution in [2.75, 3.05) is 0 Å². The van der Waals surface area contributed by atoms with Gasteiger partial charge in [0.25, 0.3) is 0 Å². The molecule has 0 aromatic carbocycles. The molecule has 0 nitrogen and oxygen atoms in total. The van der Waals surface area contributed by atoms with Gasteiger partial charge in [0.15, 0.2) is 0 Å². The Kier molecular flexibility index (Phi) is 3.77. The fourth-order valence-electron chi connectivity index (χ4n) is 3.51. The van der Waals surface area contributed by atoms with Crippen molar-refractivity contribution < 1.29 is 0 Å². The van der Waals surface area contributed by atoms with Crippen molar-refractivity contribution in [3.8, 4) is 0 Å². The van der Waals surface area contributed by atoms with E-state index in [-0.39, 0.29) is 0 Å². The molecule has 0 amide bonds. The van der Waals surface area contributed by atoms with Crippen molar-refractivity contribution in [1.82, 2.24) is 0 Å². The third-order valence-electron chi connectivity index (χ3n) is 4.71. The minimum absolute atomic E-state index is 0.755. The summed E-state index contributed by atoms with van der Waals surface area (Å²) in [4.78, 5) is 0. The van der Waals surface area contributed by atoms with Gasteiger partial charge in [-0.3, -0.25) is 0 Å². The first kappa shape index (κ1) is 11.1. The maximum absolute atomic E-state index is 4.19. The standard InChI is InChI=1S/C15H25/c1-3-13-6-10-15(11-7-13)14-8-4-12(2)5-9-14/h3,12-15H,1-2,4-11H2/q+1. The summed E-state index contributed by atoms with van der Waals surface area (Å²) in [5.74, 6) is 3.65. The average Bonchev–Trinajstić information content (AvgIpc) is 2.30. The van der Waals surface area contributed by atoms with Crippen LogP contribution in [0.4, 0.5) is 0 Å². The van der Waals surface area contributed by atoms with Crippen molar-refractivity contribution >= 4 is 0 Å². The molecule has 0 bridgehead atoms. The van der Waals surface area contributed by atoms with Gasteiger partial charge in [-0.2, -0.15) is 0 Å². The molecule has 0 aliphatic heterocycles. The second-order valence-electron chi connectivity index (χ2n) is 5.69. The fourth-order valence-corrected chi connectivity index (χ4v) is 3.51. The van der Waals surface area contributed by atoms with E-state index < -0.39 is 0 Å². The van der Waals surface area contributed by atoms with Crippen LogP contribution >= 0.6 is 0 Å². The monoisotopic (exact) mass is 205 g/mol. The van der Waals surface area contributed by atoms with Gasteiger partial charge in [-0.05, 0) is 69.1 Å². The lowest BCUT2D eigenvalue weighted by Crippen LogP contribution is -2.24. The number of allylic oxidation sites excluding steroid dienone is 1. The Morgan fingerprint density at radius 2 is 1.27 bits per heavy atom. The summed E-state index contributed by atoms with van der Waals surface area (Å²) in [6.07, 6.45) is 13.6. The second kappa shape index (κ2) is 5.09. The molecule has 2 fully saturated rings. The zero-order valence-electron chi connectivity index (χ0n) is 9.96. The van der Waals surface area contributed by atoms with Crippen LogP contribution in [0.2, 0.25) is 0 Å². The molecule has 0 atom stereocenters. The van der Waals surface area contributed by atoms with Gasteiger partial charge in [0.2, 0.25) is 0 Å². The molecule has 0 saturated heterocycles. The van der Waals surface area contributed by atoms with Gasteiger partial charge >= 0.3 is 0 Å². The Morgan fingerprint density at radius 1 is 0.800 bits per heavy atom. The molecule has 2 saturated carbocycles. The highest BCUT2D eigenvalue weighted by Crippen LogP contribution is 2.41. The first-order valence-corrected chi connectivity index (χ1v) is 6.75. The summed E-state index contributed by atoms with van der Waals surface area (Å²) < 4.78 is 0. The lowest BCUT2D eigenvalue weighted by Gasteiger charge is -2.35. The summed E-state index contributed by atoms with van der Waals surface area (Å²) in [6, 6.07) is 0. The molecular weight excluding hydrogens is 180 g/mol. The van der Waals surface area contributed by atoms with Gasteiger partial charge in [-0.25, -0.2) is 0 Å². The molecule has 2 rings (SSSR count). The van der Waals surface area contributed by atoms with Crippen LogP contribution < -0.4 is 0 Å². The van der Waals surface area contributed by atoms with Crippen LogP contribution in [-0.2, 0) is 0 Å². The highest BCUT2D eigenvalue weighted by molar-refractivity contribution is 4.87. The summed E-state index contributed by atoms with van der Waals surface area (Å²) in [6.45, 7) is 8.11. The first-order valence-electron chi connectivity index (χ1n) is 6.75. The van der Waals surface area contributed by atoms with Gasteiger partial charge in [-0.1, -0.05) is 6.08 Å². The smallest absolute Gasteiger partial charge is 0.0953 e. The van der Waals surface area contributed by atoms with E-state index in [9.17, 15) is 0 Å². The van der Waals surface area contributed by atoms with Crippen LogP contribution in [0.3, 0.4) is 0 Å². The van der Waals surface area contributed by atoms with Gasteiger partial charge in [-0.15, -0.1) is 6.58 Å². The highest BCUT2D eigenvalue weighted by atomic mass is 14.3. The Morgan fingerprint density at radius 3 is 1.73 bits per heavy atom. The Hall–Kier alpha value is -0.390. The molecule has 0 heteroatoms. The van der Waals surface area contributed by atoms with E-state index in [4.69, 9.17) is 0 Å². The number of hydrogen-bond donors (Lipinski definition) is 0. The molecular formula is C15H25+. The molecule has 84 valence electrons. The third-order valence-corrected chi connectivity index (χ3v) is 4.71. The van der Waals surface area contributed by atoms with E-state index in [2.05, 4.69) is 19.6 Å². The van der Waals surface area contributed by atoms with E-state index in [1.807, 2.05) is 0 Å². The van der Waals surface area contributed by atoms with Crippen LogP contribution in [0.15, 0.2) is 12.7 Å². The molecule has 0 aromatic rings. The Labute approximate surface area is 95.1 Å². The normalized spacial score (nSPS) is 42.4. The summed E-state index contributed by atoms with van der Waals surface area (Å²) in [7, 11) is 0. The van der Waals surface area contributed by atoms with Gasteiger partial charge in [0.05, 0.1) is 12.8 Å². The number of rotatable bonds is 2. The molecule has 0 N–H and O–H groups in total. The number of hydrogen-bond acceptors (Lipinski definition) is 0. The van der Waals surface area contributed by atoms with E-state index in [1.165, 1.54) is 51.4 Å². The Balaban J connectivity index is 1.78. The van der Waals surface area contributed by atoms with Crippen LogP contribution in [0.5, 0.6) is 0 Å². The maximum atomic E-state index is 4.19. The fraction of sp³-hybridized carbons (Fsp3) is 0.800. The van der Waals surface area contributed by atoms with Crippen molar-refractivity contribution in [3.05, 3.63) is 19.6 Å². The molecule has 2 aliphatic rings.